The minimum absolute atomic E-state index is 0.426. The molecule has 5 nitrogen and oxygen atoms in total. The molecule has 112 valence electrons. The van der Waals surface area contributed by atoms with Crippen LogP contribution in [-0.4, -0.2) is 30.2 Å². The Kier molecular flexibility index (Phi) is 5.11. The van der Waals surface area contributed by atoms with Crippen LogP contribution in [0.5, 0.6) is 5.75 Å². The lowest BCUT2D eigenvalue weighted by molar-refractivity contribution is 0.415. The number of ether oxygens (including phenoxy) is 1. The van der Waals surface area contributed by atoms with Gasteiger partial charge in [-0.05, 0) is 24.3 Å². The van der Waals surface area contributed by atoms with E-state index in [1.54, 1.807) is 19.5 Å². The van der Waals surface area contributed by atoms with Crippen molar-refractivity contribution in [2.45, 2.75) is 26.4 Å². The van der Waals surface area contributed by atoms with Crippen molar-refractivity contribution < 1.29 is 4.74 Å². The van der Waals surface area contributed by atoms with Crippen LogP contribution in [-0.2, 0) is 6.54 Å². The lowest BCUT2D eigenvalue weighted by Crippen LogP contribution is -2.23. The van der Waals surface area contributed by atoms with E-state index in [0.29, 0.717) is 6.04 Å². The van der Waals surface area contributed by atoms with Crippen molar-refractivity contribution in [1.29, 1.82) is 0 Å². The zero-order chi connectivity index (χ0) is 15.2. The van der Waals surface area contributed by atoms with Crippen molar-refractivity contribution in [2.24, 2.45) is 0 Å². The second-order valence-corrected chi connectivity index (χ2v) is 5.16. The van der Waals surface area contributed by atoms with E-state index in [1.165, 1.54) is 0 Å². The van der Waals surface area contributed by atoms with Gasteiger partial charge in [-0.2, -0.15) is 0 Å². The van der Waals surface area contributed by atoms with Gasteiger partial charge in [-0.15, -0.1) is 0 Å². The van der Waals surface area contributed by atoms with Crippen LogP contribution < -0.4 is 15.0 Å². The van der Waals surface area contributed by atoms with E-state index in [9.17, 15) is 0 Å². The van der Waals surface area contributed by atoms with Crippen molar-refractivity contribution in [3.8, 4) is 5.75 Å². The Morgan fingerprint density at radius 2 is 1.90 bits per heavy atom. The van der Waals surface area contributed by atoms with Crippen molar-refractivity contribution in [3.63, 3.8) is 0 Å². The summed E-state index contributed by atoms with van der Waals surface area (Å²) in [5.41, 5.74) is 1.97. The van der Waals surface area contributed by atoms with Gasteiger partial charge in [-0.3, -0.25) is 4.98 Å². The first kappa shape index (κ1) is 15.3. The monoisotopic (exact) mass is 286 g/mol. The van der Waals surface area contributed by atoms with Crippen molar-refractivity contribution in [1.82, 2.24) is 15.3 Å². The summed E-state index contributed by atoms with van der Waals surface area (Å²) >= 11 is 0. The van der Waals surface area contributed by atoms with Gasteiger partial charge in [0.25, 0.3) is 0 Å². The molecule has 1 N–H and O–H groups in total. The van der Waals surface area contributed by atoms with Gasteiger partial charge < -0.3 is 15.0 Å². The number of aromatic nitrogens is 2. The van der Waals surface area contributed by atoms with Crippen LogP contribution in [0, 0.1) is 0 Å². The lowest BCUT2D eigenvalue weighted by Gasteiger charge is -2.19. The van der Waals surface area contributed by atoms with E-state index < -0.39 is 0 Å². The summed E-state index contributed by atoms with van der Waals surface area (Å²) in [4.78, 5) is 10.9. The average Bonchev–Trinajstić information content (AvgIpc) is 2.52. The zero-order valence-corrected chi connectivity index (χ0v) is 13.0. The van der Waals surface area contributed by atoms with Gasteiger partial charge in [0.2, 0.25) is 0 Å². The molecular weight excluding hydrogens is 264 g/mol. The molecule has 0 aliphatic carbocycles. The Labute approximate surface area is 126 Å². The predicted molar refractivity (Wildman–Crippen MR) is 85.1 cm³/mol. The van der Waals surface area contributed by atoms with E-state index in [2.05, 4.69) is 29.1 Å². The highest BCUT2D eigenvalue weighted by Crippen LogP contribution is 2.23. The molecule has 1 aromatic carbocycles. The first-order valence-electron chi connectivity index (χ1n) is 7.02. The summed E-state index contributed by atoms with van der Waals surface area (Å²) in [5, 5.41) is 3.35. The van der Waals surface area contributed by atoms with E-state index in [4.69, 9.17) is 4.74 Å². The highest BCUT2D eigenvalue weighted by Gasteiger charge is 2.07. The minimum atomic E-state index is 0.426. The van der Waals surface area contributed by atoms with Crippen LogP contribution in [0.1, 0.15) is 19.5 Å². The largest absolute Gasteiger partial charge is 0.497 e. The molecule has 0 unspecified atom stereocenters. The molecule has 0 radical (unpaired) electrons. The highest BCUT2D eigenvalue weighted by molar-refractivity contribution is 5.59. The van der Waals surface area contributed by atoms with Crippen molar-refractivity contribution in [3.05, 3.63) is 42.4 Å². The molecule has 1 aromatic heterocycles. The number of anilines is 2. The normalized spacial score (nSPS) is 10.7. The van der Waals surface area contributed by atoms with Gasteiger partial charge in [0.05, 0.1) is 19.0 Å². The van der Waals surface area contributed by atoms with E-state index in [0.717, 1.165) is 29.5 Å². The molecule has 0 fully saturated rings. The van der Waals surface area contributed by atoms with Gasteiger partial charge in [-0.25, -0.2) is 4.98 Å². The third-order valence-electron chi connectivity index (χ3n) is 3.17. The summed E-state index contributed by atoms with van der Waals surface area (Å²) in [5.74, 6) is 1.66. The van der Waals surface area contributed by atoms with E-state index in [-0.39, 0.29) is 0 Å². The summed E-state index contributed by atoms with van der Waals surface area (Å²) < 4.78 is 5.17. The summed E-state index contributed by atoms with van der Waals surface area (Å²) in [6, 6.07) is 8.29. The molecule has 0 spiro atoms. The molecule has 0 aliphatic rings. The van der Waals surface area contributed by atoms with Crippen LogP contribution >= 0.6 is 0 Å². The van der Waals surface area contributed by atoms with Gasteiger partial charge >= 0.3 is 0 Å². The van der Waals surface area contributed by atoms with Crippen molar-refractivity contribution in [2.75, 3.05) is 19.1 Å². The number of hydrogen-bond acceptors (Lipinski definition) is 5. The first-order chi connectivity index (χ1) is 10.1. The Hall–Kier alpha value is -2.14. The number of methoxy groups -OCH3 is 1. The first-order valence-corrected chi connectivity index (χ1v) is 7.02. The molecule has 1 heterocycles. The Bertz CT molecular complexity index is 569. The number of hydrogen-bond donors (Lipinski definition) is 1. The Morgan fingerprint density at radius 1 is 1.19 bits per heavy atom. The molecule has 0 amide bonds. The highest BCUT2D eigenvalue weighted by atomic mass is 16.5. The molecule has 0 saturated carbocycles. The van der Waals surface area contributed by atoms with Crippen LogP contribution in [0.25, 0.3) is 0 Å². The SMILES string of the molecule is COc1ccc(N(C)c2cncc(CNC(C)C)n2)cc1. The third-order valence-corrected chi connectivity index (χ3v) is 3.17. The number of nitrogens with zero attached hydrogens (tertiary/aromatic N) is 3. The molecule has 0 aliphatic heterocycles. The topological polar surface area (TPSA) is 50.3 Å². The van der Waals surface area contributed by atoms with Crippen LogP contribution in [0.15, 0.2) is 36.7 Å². The predicted octanol–water partition coefficient (Wildman–Crippen LogP) is 2.75. The minimum Gasteiger partial charge on any atom is -0.497 e. The number of nitrogens with one attached hydrogen (secondary N) is 1. The van der Waals surface area contributed by atoms with E-state index in [1.807, 2.05) is 36.2 Å². The number of rotatable bonds is 6. The maximum atomic E-state index is 5.17. The molecule has 2 aromatic rings. The summed E-state index contributed by atoms with van der Waals surface area (Å²) in [6.45, 7) is 4.94. The summed E-state index contributed by atoms with van der Waals surface area (Å²) in [6.07, 6.45) is 3.56. The third kappa shape index (κ3) is 4.16. The summed E-state index contributed by atoms with van der Waals surface area (Å²) in [7, 11) is 3.64. The van der Waals surface area contributed by atoms with Gasteiger partial charge in [0, 0.05) is 31.5 Å². The molecule has 0 saturated heterocycles. The standard InChI is InChI=1S/C16H22N4O/c1-12(2)18-10-13-9-17-11-16(19-13)20(3)14-5-7-15(21-4)8-6-14/h5-9,11-12,18H,10H2,1-4H3. The van der Waals surface area contributed by atoms with Crippen molar-refractivity contribution >= 4 is 11.5 Å². The second kappa shape index (κ2) is 7.04. The molecule has 2 rings (SSSR count). The lowest BCUT2D eigenvalue weighted by atomic mass is 10.3. The maximum absolute atomic E-state index is 5.17. The van der Waals surface area contributed by atoms with Crippen LogP contribution in [0.4, 0.5) is 11.5 Å². The Morgan fingerprint density at radius 3 is 2.52 bits per heavy atom. The van der Waals surface area contributed by atoms with Crippen LogP contribution in [0.2, 0.25) is 0 Å². The molecule has 0 atom stereocenters. The van der Waals surface area contributed by atoms with Crippen LogP contribution in [0.3, 0.4) is 0 Å². The second-order valence-electron chi connectivity index (χ2n) is 5.16. The average molecular weight is 286 g/mol. The Balaban J connectivity index is 2.14. The fourth-order valence-electron chi connectivity index (χ4n) is 1.89. The number of benzene rings is 1. The zero-order valence-electron chi connectivity index (χ0n) is 13.0. The molecular formula is C16H22N4O. The van der Waals surface area contributed by atoms with Gasteiger partial charge in [0.1, 0.15) is 5.75 Å². The molecule has 21 heavy (non-hydrogen) atoms. The molecule has 5 heteroatoms. The van der Waals surface area contributed by atoms with Gasteiger partial charge in [0.15, 0.2) is 5.82 Å². The fraction of sp³-hybridized carbons (Fsp3) is 0.375. The van der Waals surface area contributed by atoms with Gasteiger partial charge in [-0.1, -0.05) is 13.8 Å². The fourth-order valence-corrected chi connectivity index (χ4v) is 1.89. The smallest absolute Gasteiger partial charge is 0.151 e. The quantitative estimate of drug-likeness (QED) is 0.885. The maximum Gasteiger partial charge on any atom is 0.151 e. The molecule has 0 bridgehead atoms. The van der Waals surface area contributed by atoms with E-state index >= 15 is 0 Å².